The molecular weight excluding hydrogens is 250 g/mol. The molecule has 0 saturated carbocycles. The van der Waals surface area contributed by atoms with E-state index in [1.54, 1.807) is 0 Å². The fourth-order valence-electron chi connectivity index (χ4n) is 1.79. The highest BCUT2D eigenvalue weighted by Crippen LogP contribution is 2.17. The maximum atomic E-state index is 11.9. The lowest BCUT2D eigenvalue weighted by atomic mass is 10.2. The van der Waals surface area contributed by atoms with Crippen molar-refractivity contribution in [2.75, 3.05) is 29.6 Å². The number of amides is 2. The van der Waals surface area contributed by atoms with Crippen LogP contribution in [0.1, 0.15) is 5.56 Å². The normalized spacial score (nSPS) is 9.95. The Hall–Kier alpha value is -2.49. The van der Waals surface area contributed by atoms with Crippen molar-refractivity contribution >= 4 is 23.1 Å². The summed E-state index contributed by atoms with van der Waals surface area (Å²) in [6.45, 7) is 2.01. The number of hydrogen-bond donors (Lipinski definition) is 2. The van der Waals surface area contributed by atoms with Gasteiger partial charge in [-0.05, 0) is 37.3 Å². The summed E-state index contributed by atoms with van der Waals surface area (Å²) in [5, 5.41) is 5.63. The van der Waals surface area contributed by atoms with Crippen molar-refractivity contribution in [2.24, 2.45) is 0 Å². The summed E-state index contributed by atoms with van der Waals surface area (Å²) in [5.74, 6) is 0. The third kappa shape index (κ3) is 3.75. The van der Waals surface area contributed by atoms with Crippen LogP contribution in [0.4, 0.5) is 21.9 Å². The quantitative estimate of drug-likeness (QED) is 0.892. The van der Waals surface area contributed by atoms with Gasteiger partial charge in [0, 0.05) is 31.2 Å². The summed E-state index contributed by atoms with van der Waals surface area (Å²) in [5.41, 5.74) is 3.74. The largest absolute Gasteiger partial charge is 0.378 e. The van der Waals surface area contributed by atoms with Crippen LogP contribution in [0, 0.1) is 6.92 Å². The molecule has 2 aromatic rings. The highest BCUT2D eigenvalue weighted by molar-refractivity contribution is 6.00. The summed E-state index contributed by atoms with van der Waals surface area (Å²) in [7, 11) is 3.93. The standard InChI is InChI=1S/C16H19N3O/c1-12-7-9-13(10-8-12)17-16(20)18-14-5-4-6-15(11-14)19(2)3/h4-11H,1-3H3,(H2,17,18,20). The molecular formula is C16H19N3O. The van der Waals surface area contributed by atoms with E-state index in [0.29, 0.717) is 0 Å². The first-order chi connectivity index (χ1) is 9.54. The Balaban J connectivity index is 2.01. The Labute approximate surface area is 119 Å². The van der Waals surface area contributed by atoms with Crippen LogP contribution in [-0.2, 0) is 0 Å². The van der Waals surface area contributed by atoms with Crippen LogP contribution >= 0.6 is 0 Å². The SMILES string of the molecule is Cc1ccc(NC(=O)Nc2cccc(N(C)C)c2)cc1. The monoisotopic (exact) mass is 269 g/mol. The molecule has 2 amide bonds. The van der Waals surface area contributed by atoms with Crippen LogP contribution in [0.3, 0.4) is 0 Å². The zero-order valence-electron chi connectivity index (χ0n) is 12.0. The van der Waals surface area contributed by atoms with Gasteiger partial charge in [-0.25, -0.2) is 4.79 Å². The Bertz CT molecular complexity index is 591. The molecule has 0 atom stereocenters. The summed E-state index contributed by atoms with van der Waals surface area (Å²) < 4.78 is 0. The second-order valence-corrected chi connectivity index (χ2v) is 4.89. The number of hydrogen-bond acceptors (Lipinski definition) is 2. The van der Waals surface area contributed by atoms with Gasteiger partial charge in [0.15, 0.2) is 0 Å². The van der Waals surface area contributed by atoms with E-state index in [-0.39, 0.29) is 6.03 Å². The third-order valence-electron chi connectivity index (χ3n) is 2.93. The van der Waals surface area contributed by atoms with Crippen molar-refractivity contribution in [1.82, 2.24) is 0 Å². The third-order valence-corrected chi connectivity index (χ3v) is 2.93. The van der Waals surface area contributed by atoms with Gasteiger partial charge in [-0.1, -0.05) is 23.8 Å². The minimum atomic E-state index is -0.246. The molecule has 0 aliphatic heterocycles. The van der Waals surface area contributed by atoms with Crippen molar-refractivity contribution in [3.05, 3.63) is 54.1 Å². The zero-order chi connectivity index (χ0) is 14.5. The predicted octanol–water partition coefficient (Wildman–Crippen LogP) is 3.71. The van der Waals surface area contributed by atoms with Crippen molar-refractivity contribution in [3.8, 4) is 0 Å². The molecule has 0 aliphatic carbocycles. The van der Waals surface area contributed by atoms with E-state index in [2.05, 4.69) is 10.6 Å². The molecule has 2 N–H and O–H groups in total. The Morgan fingerprint density at radius 3 is 2.25 bits per heavy atom. The minimum absolute atomic E-state index is 0.246. The van der Waals surface area contributed by atoms with Crippen LogP contribution in [0.5, 0.6) is 0 Å². The van der Waals surface area contributed by atoms with Gasteiger partial charge in [-0.15, -0.1) is 0 Å². The summed E-state index contributed by atoms with van der Waals surface area (Å²) >= 11 is 0. The zero-order valence-corrected chi connectivity index (χ0v) is 12.0. The average Bonchev–Trinajstić information content (AvgIpc) is 2.41. The lowest BCUT2D eigenvalue weighted by Crippen LogP contribution is -2.19. The van der Waals surface area contributed by atoms with Crippen molar-refractivity contribution < 1.29 is 4.79 Å². The maximum absolute atomic E-state index is 11.9. The number of anilines is 3. The lowest BCUT2D eigenvalue weighted by Gasteiger charge is -2.14. The van der Waals surface area contributed by atoms with Crippen molar-refractivity contribution in [3.63, 3.8) is 0 Å². The molecule has 0 aromatic heterocycles. The molecule has 2 rings (SSSR count). The first-order valence-electron chi connectivity index (χ1n) is 6.46. The summed E-state index contributed by atoms with van der Waals surface area (Å²) in [4.78, 5) is 13.9. The van der Waals surface area contributed by atoms with Gasteiger partial charge >= 0.3 is 6.03 Å². The second kappa shape index (κ2) is 6.10. The highest BCUT2D eigenvalue weighted by atomic mass is 16.2. The van der Waals surface area contributed by atoms with E-state index in [0.717, 1.165) is 22.6 Å². The fraction of sp³-hybridized carbons (Fsp3) is 0.188. The van der Waals surface area contributed by atoms with Gasteiger partial charge in [0.05, 0.1) is 0 Å². The summed E-state index contributed by atoms with van der Waals surface area (Å²) in [6.07, 6.45) is 0. The lowest BCUT2D eigenvalue weighted by molar-refractivity contribution is 0.262. The minimum Gasteiger partial charge on any atom is -0.378 e. The smallest absolute Gasteiger partial charge is 0.323 e. The maximum Gasteiger partial charge on any atom is 0.323 e. The highest BCUT2D eigenvalue weighted by Gasteiger charge is 2.03. The second-order valence-electron chi connectivity index (χ2n) is 4.89. The molecule has 2 aromatic carbocycles. The molecule has 4 nitrogen and oxygen atoms in total. The number of aryl methyl sites for hydroxylation is 1. The van der Waals surface area contributed by atoms with Gasteiger partial charge in [-0.2, -0.15) is 0 Å². The van der Waals surface area contributed by atoms with Crippen LogP contribution in [0.2, 0.25) is 0 Å². The first-order valence-corrected chi connectivity index (χ1v) is 6.46. The van der Waals surface area contributed by atoms with Gasteiger partial charge in [0.25, 0.3) is 0 Å². The number of rotatable bonds is 3. The molecule has 0 heterocycles. The van der Waals surface area contributed by atoms with Crippen LogP contribution in [0.25, 0.3) is 0 Å². The molecule has 0 aliphatic rings. The topological polar surface area (TPSA) is 44.4 Å². The molecule has 20 heavy (non-hydrogen) atoms. The van der Waals surface area contributed by atoms with Gasteiger partial charge in [-0.3, -0.25) is 0 Å². The Morgan fingerprint density at radius 1 is 0.950 bits per heavy atom. The molecule has 4 heteroatoms. The number of nitrogens with zero attached hydrogens (tertiary/aromatic N) is 1. The molecule has 0 unspecified atom stereocenters. The van der Waals surface area contributed by atoms with Crippen molar-refractivity contribution in [1.29, 1.82) is 0 Å². The van der Waals surface area contributed by atoms with Crippen molar-refractivity contribution in [2.45, 2.75) is 6.92 Å². The number of carbonyl (C=O) groups excluding carboxylic acids is 1. The van der Waals surface area contributed by atoms with E-state index >= 15 is 0 Å². The molecule has 0 saturated heterocycles. The van der Waals surface area contributed by atoms with E-state index in [9.17, 15) is 4.79 Å². The summed E-state index contributed by atoms with van der Waals surface area (Å²) in [6, 6.07) is 15.1. The Morgan fingerprint density at radius 2 is 1.60 bits per heavy atom. The number of nitrogens with one attached hydrogen (secondary N) is 2. The van der Waals surface area contributed by atoms with Crippen LogP contribution in [-0.4, -0.2) is 20.1 Å². The molecule has 0 spiro atoms. The fourth-order valence-corrected chi connectivity index (χ4v) is 1.79. The Kier molecular flexibility index (Phi) is 4.25. The predicted molar refractivity (Wildman–Crippen MR) is 84.6 cm³/mol. The van der Waals surface area contributed by atoms with Crippen LogP contribution < -0.4 is 15.5 Å². The van der Waals surface area contributed by atoms with E-state index in [1.165, 1.54) is 0 Å². The van der Waals surface area contributed by atoms with E-state index in [4.69, 9.17) is 0 Å². The van der Waals surface area contributed by atoms with E-state index < -0.39 is 0 Å². The van der Waals surface area contributed by atoms with Gasteiger partial charge in [0.2, 0.25) is 0 Å². The van der Waals surface area contributed by atoms with Gasteiger partial charge < -0.3 is 15.5 Å². The molecule has 104 valence electrons. The first kappa shape index (κ1) is 13.9. The molecule has 0 fully saturated rings. The van der Waals surface area contributed by atoms with Crippen LogP contribution in [0.15, 0.2) is 48.5 Å². The molecule has 0 bridgehead atoms. The number of benzene rings is 2. The average molecular weight is 269 g/mol. The number of urea groups is 1. The van der Waals surface area contributed by atoms with Gasteiger partial charge in [0.1, 0.15) is 0 Å². The van der Waals surface area contributed by atoms with E-state index in [1.807, 2.05) is 74.4 Å². The molecule has 0 radical (unpaired) electrons. The number of carbonyl (C=O) groups is 1.